The molecule has 0 saturated heterocycles. The van der Waals surface area contributed by atoms with Gasteiger partial charge in [-0.25, -0.2) is 4.68 Å². The summed E-state index contributed by atoms with van der Waals surface area (Å²) < 4.78 is 6.93. The Balaban J connectivity index is 1.59. The molecule has 0 spiro atoms. The molecular weight excluding hydrogens is 338 g/mol. The Kier molecular flexibility index (Phi) is 5.49. The van der Waals surface area contributed by atoms with Gasteiger partial charge < -0.3 is 9.73 Å². The highest BCUT2D eigenvalue weighted by Crippen LogP contribution is 2.22. The summed E-state index contributed by atoms with van der Waals surface area (Å²) in [6.45, 7) is 4.23. The standard InChI is InChI=1S/C17H19N5O2S/c1-12(14-7-4-3-5-8-14)18-16(23)13(2)25-17-19-20-21-22(17)11-15-9-6-10-24-15/h3-10,12-13H,11H2,1-2H3,(H,18,23)/t12-,13+/m1/s1. The van der Waals surface area contributed by atoms with Crippen molar-refractivity contribution in [2.45, 2.75) is 36.8 Å². The zero-order valence-electron chi connectivity index (χ0n) is 14.0. The molecular formula is C17H19N5O2S. The number of carbonyl (C=O) groups is 1. The molecule has 2 atom stereocenters. The topological polar surface area (TPSA) is 85.8 Å². The predicted molar refractivity (Wildman–Crippen MR) is 93.9 cm³/mol. The molecule has 2 aromatic heterocycles. The highest BCUT2D eigenvalue weighted by atomic mass is 32.2. The molecule has 0 aliphatic heterocycles. The monoisotopic (exact) mass is 357 g/mol. The van der Waals surface area contributed by atoms with E-state index < -0.39 is 0 Å². The minimum absolute atomic E-state index is 0.0594. The van der Waals surface area contributed by atoms with E-state index in [4.69, 9.17) is 4.42 Å². The number of rotatable bonds is 7. The van der Waals surface area contributed by atoms with E-state index in [0.29, 0.717) is 11.7 Å². The van der Waals surface area contributed by atoms with E-state index in [9.17, 15) is 4.79 Å². The van der Waals surface area contributed by atoms with E-state index >= 15 is 0 Å². The molecule has 3 aromatic rings. The fourth-order valence-corrected chi connectivity index (χ4v) is 3.10. The molecule has 1 aromatic carbocycles. The molecule has 25 heavy (non-hydrogen) atoms. The number of benzene rings is 1. The van der Waals surface area contributed by atoms with Crippen molar-refractivity contribution >= 4 is 17.7 Å². The first kappa shape index (κ1) is 17.2. The van der Waals surface area contributed by atoms with Crippen molar-refractivity contribution in [1.29, 1.82) is 0 Å². The van der Waals surface area contributed by atoms with Crippen LogP contribution in [0, 0.1) is 0 Å². The van der Waals surface area contributed by atoms with Gasteiger partial charge in [0.05, 0.1) is 17.6 Å². The Morgan fingerprint density at radius 2 is 2.04 bits per heavy atom. The summed E-state index contributed by atoms with van der Waals surface area (Å²) in [6.07, 6.45) is 1.60. The minimum atomic E-state index is -0.326. The first-order valence-electron chi connectivity index (χ1n) is 7.94. The van der Waals surface area contributed by atoms with Gasteiger partial charge in [-0.1, -0.05) is 42.1 Å². The van der Waals surface area contributed by atoms with Crippen molar-refractivity contribution in [1.82, 2.24) is 25.5 Å². The summed E-state index contributed by atoms with van der Waals surface area (Å²) in [7, 11) is 0. The van der Waals surface area contributed by atoms with E-state index in [-0.39, 0.29) is 17.2 Å². The van der Waals surface area contributed by atoms with E-state index in [1.165, 1.54) is 11.8 Å². The van der Waals surface area contributed by atoms with Crippen LogP contribution in [0.3, 0.4) is 0 Å². The summed E-state index contributed by atoms with van der Waals surface area (Å²) in [4.78, 5) is 12.5. The first-order chi connectivity index (χ1) is 12.1. The lowest BCUT2D eigenvalue weighted by Crippen LogP contribution is -2.33. The summed E-state index contributed by atoms with van der Waals surface area (Å²) >= 11 is 1.32. The van der Waals surface area contributed by atoms with Gasteiger partial charge in [0.1, 0.15) is 12.3 Å². The van der Waals surface area contributed by atoms with E-state index in [1.807, 2.05) is 56.3 Å². The highest BCUT2D eigenvalue weighted by molar-refractivity contribution is 8.00. The van der Waals surface area contributed by atoms with Crippen molar-refractivity contribution in [3.05, 3.63) is 60.1 Å². The second kappa shape index (κ2) is 7.98. The third-order valence-corrected chi connectivity index (χ3v) is 4.77. The van der Waals surface area contributed by atoms with Crippen LogP contribution in [0.5, 0.6) is 0 Å². The first-order valence-corrected chi connectivity index (χ1v) is 8.82. The second-order valence-electron chi connectivity index (χ2n) is 5.60. The number of carbonyl (C=O) groups excluding carboxylic acids is 1. The number of nitrogens with zero attached hydrogens (tertiary/aromatic N) is 4. The minimum Gasteiger partial charge on any atom is -0.467 e. The van der Waals surface area contributed by atoms with Crippen LogP contribution in [0.2, 0.25) is 0 Å². The van der Waals surface area contributed by atoms with E-state index in [1.54, 1.807) is 10.9 Å². The van der Waals surface area contributed by atoms with Crippen LogP contribution >= 0.6 is 11.8 Å². The van der Waals surface area contributed by atoms with Crippen molar-refractivity contribution in [2.75, 3.05) is 0 Å². The number of hydrogen-bond acceptors (Lipinski definition) is 6. The zero-order valence-corrected chi connectivity index (χ0v) is 14.8. The third kappa shape index (κ3) is 4.48. The quantitative estimate of drug-likeness (QED) is 0.654. The number of hydrogen-bond donors (Lipinski definition) is 1. The zero-order chi connectivity index (χ0) is 17.6. The smallest absolute Gasteiger partial charge is 0.233 e. The fourth-order valence-electron chi connectivity index (χ4n) is 2.30. The maximum absolute atomic E-state index is 12.5. The normalized spacial score (nSPS) is 13.4. The van der Waals surface area contributed by atoms with Crippen LogP contribution in [0.25, 0.3) is 0 Å². The van der Waals surface area contributed by atoms with Crippen LogP contribution < -0.4 is 5.32 Å². The summed E-state index contributed by atoms with van der Waals surface area (Å²) in [5.41, 5.74) is 1.07. The molecule has 0 unspecified atom stereocenters. The largest absolute Gasteiger partial charge is 0.467 e. The van der Waals surface area contributed by atoms with Crippen molar-refractivity contribution in [2.24, 2.45) is 0 Å². The summed E-state index contributed by atoms with van der Waals surface area (Å²) in [5, 5.41) is 14.9. The molecule has 7 nitrogen and oxygen atoms in total. The molecule has 3 rings (SSSR count). The van der Waals surface area contributed by atoms with Crippen LogP contribution in [0.15, 0.2) is 58.3 Å². The van der Waals surface area contributed by atoms with Crippen LogP contribution in [0.4, 0.5) is 0 Å². The molecule has 0 bridgehead atoms. The molecule has 0 aliphatic rings. The Hall–Kier alpha value is -2.61. The number of aromatic nitrogens is 4. The predicted octanol–water partition coefficient (Wildman–Crippen LogP) is 2.67. The lowest BCUT2D eigenvalue weighted by molar-refractivity contribution is -0.120. The fraction of sp³-hybridized carbons (Fsp3) is 0.294. The average molecular weight is 357 g/mol. The van der Waals surface area contributed by atoms with Crippen LogP contribution in [0.1, 0.15) is 31.2 Å². The Morgan fingerprint density at radius 1 is 1.24 bits per heavy atom. The number of tetrazole rings is 1. The van der Waals surface area contributed by atoms with Gasteiger partial charge in [0.2, 0.25) is 11.1 Å². The van der Waals surface area contributed by atoms with Gasteiger partial charge >= 0.3 is 0 Å². The van der Waals surface area contributed by atoms with Gasteiger partial charge in [0.25, 0.3) is 0 Å². The lowest BCUT2D eigenvalue weighted by atomic mass is 10.1. The second-order valence-corrected chi connectivity index (χ2v) is 6.91. The SMILES string of the molecule is C[C@H](Sc1nnnn1Cc1ccco1)C(=O)N[C@H](C)c1ccccc1. The molecule has 0 fully saturated rings. The maximum Gasteiger partial charge on any atom is 0.233 e. The number of amides is 1. The van der Waals surface area contributed by atoms with Gasteiger partial charge in [0.15, 0.2) is 0 Å². The van der Waals surface area contributed by atoms with Gasteiger partial charge in [-0.05, 0) is 42.0 Å². The molecule has 130 valence electrons. The van der Waals surface area contributed by atoms with Gasteiger partial charge in [0, 0.05) is 0 Å². The molecule has 0 aliphatic carbocycles. The number of thioether (sulfide) groups is 1. The van der Waals surface area contributed by atoms with Crippen LogP contribution in [-0.4, -0.2) is 31.4 Å². The summed E-state index contributed by atoms with van der Waals surface area (Å²) in [6, 6.07) is 13.5. The third-order valence-electron chi connectivity index (χ3n) is 3.69. The number of nitrogens with one attached hydrogen (secondary N) is 1. The molecule has 1 amide bonds. The Bertz CT molecular complexity index is 804. The van der Waals surface area contributed by atoms with Crippen molar-refractivity contribution in [3.8, 4) is 0 Å². The lowest BCUT2D eigenvalue weighted by Gasteiger charge is -2.17. The van der Waals surface area contributed by atoms with E-state index in [0.717, 1.165) is 11.3 Å². The summed E-state index contributed by atoms with van der Waals surface area (Å²) in [5.74, 6) is 0.692. The van der Waals surface area contributed by atoms with Gasteiger partial charge in [-0.2, -0.15) is 0 Å². The van der Waals surface area contributed by atoms with Crippen molar-refractivity contribution < 1.29 is 9.21 Å². The number of furan rings is 1. The van der Waals surface area contributed by atoms with Crippen LogP contribution in [-0.2, 0) is 11.3 Å². The maximum atomic E-state index is 12.5. The molecule has 2 heterocycles. The average Bonchev–Trinajstić information content (AvgIpc) is 3.28. The Labute approximate surface area is 149 Å². The highest BCUT2D eigenvalue weighted by Gasteiger charge is 2.20. The molecule has 0 saturated carbocycles. The van der Waals surface area contributed by atoms with Gasteiger partial charge in [-0.15, -0.1) is 5.10 Å². The molecule has 1 N–H and O–H groups in total. The van der Waals surface area contributed by atoms with E-state index in [2.05, 4.69) is 20.8 Å². The van der Waals surface area contributed by atoms with Crippen molar-refractivity contribution in [3.63, 3.8) is 0 Å². The Morgan fingerprint density at radius 3 is 2.76 bits per heavy atom. The molecule has 8 heteroatoms. The molecule has 0 radical (unpaired) electrons. The van der Waals surface area contributed by atoms with Gasteiger partial charge in [-0.3, -0.25) is 4.79 Å².